The molecule has 1 aromatic heterocycles. The fourth-order valence-corrected chi connectivity index (χ4v) is 3.65. The van der Waals surface area contributed by atoms with Crippen LogP contribution in [0.1, 0.15) is 9.67 Å². The summed E-state index contributed by atoms with van der Waals surface area (Å²) in [5.41, 5.74) is 6.47. The highest BCUT2D eigenvalue weighted by molar-refractivity contribution is 7.99. The van der Waals surface area contributed by atoms with E-state index in [2.05, 4.69) is 11.2 Å². The van der Waals surface area contributed by atoms with E-state index in [9.17, 15) is 4.79 Å². The minimum Gasteiger partial charge on any atom is -0.397 e. The Morgan fingerprint density at radius 2 is 2.35 bits per heavy atom. The predicted octanol–water partition coefficient (Wildman–Crippen LogP) is 3.23. The van der Waals surface area contributed by atoms with Crippen LogP contribution in [0.2, 0.25) is 5.02 Å². The molecular formula is C14H13ClN2OS2. The number of carbonyl (C=O) groups excluding carboxylic acids is 1. The molecule has 0 saturated heterocycles. The quantitative estimate of drug-likeness (QED) is 0.656. The summed E-state index contributed by atoms with van der Waals surface area (Å²) in [6.07, 6.45) is 5.15. The number of rotatable bonds is 5. The molecule has 104 valence electrons. The van der Waals surface area contributed by atoms with Gasteiger partial charge in [0.05, 0.1) is 16.5 Å². The second-order valence-electron chi connectivity index (χ2n) is 3.97. The lowest BCUT2D eigenvalue weighted by molar-refractivity contribution is 0.0961. The molecule has 0 saturated carbocycles. The molecule has 0 aliphatic carbocycles. The zero-order valence-corrected chi connectivity index (χ0v) is 13.0. The van der Waals surface area contributed by atoms with Crippen LogP contribution in [-0.4, -0.2) is 24.0 Å². The Morgan fingerprint density at radius 1 is 1.55 bits per heavy atom. The third-order valence-corrected chi connectivity index (χ3v) is 4.97. The Balaban J connectivity index is 2.09. The number of hydrogen-bond donors (Lipinski definition) is 2. The maximum atomic E-state index is 12.1. The van der Waals surface area contributed by atoms with Gasteiger partial charge in [-0.15, -0.1) is 29.5 Å². The predicted molar refractivity (Wildman–Crippen MR) is 89.7 cm³/mol. The van der Waals surface area contributed by atoms with Crippen molar-refractivity contribution in [2.75, 3.05) is 23.8 Å². The number of nitrogens with two attached hydrogens (primary N) is 1. The number of terminal acetylenes is 1. The number of anilines is 1. The molecule has 0 spiro atoms. The summed E-state index contributed by atoms with van der Waals surface area (Å²) in [5.74, 6) is 3.80. The Kier molecular flexibility index (Phi) is 5.18. The van der Waals surface area contributed by atoms with Gasteiger partial charge in [0.25, 0.3) is 5.91 Å². The Labute approximate surface area is 130 Å². The van der Waals surface area contributed by atoms with Gasteiger partial charge in [-0.3, -0.25) is 4.79 Å². The van der Waals surface area contributed by atoms with Crippen LogP contribution in [0.15, 0.2) is 18.2 Å². The van der Waals surface area contributed by atoms with Crippen LogP contribution < -0.4 is 11.1 Å². The van der Waals surface area contributed by atoms with Gasteiger partial charge in [-0.25, -0.2) is 0 Å². The van der Waals surface area contributed by atoms with Crippen molar-refractivity contribution >= 4 is 56.4 Å². The van der Waals surface area contributed by atoms with Gasteiger partial charge in [-0.2, -0.15) is 0 Å². The van der Waals surface area contributed by atoms with Crippen molar-refractivity contribution in [3.8, 4) is 12.3 Å². The number of amides is 1. The number of fused-ring (bicyclic) bond motifs is 1. The molecule has 0 aliphatic heterocycles. The fraction of sp³-hybridized carbons (Fsp3) is 0.214. The number of carbonyl (C=O) groups is 1. The van der Waals surface area contributed by atoms with Gasteiger partial charge in [-0.05, 0) is 12.1 Å². The van der Waals surface area contributed by atoms with Gasteiger partial charge in [0, 0.05) is 22.4 Å². The van der Waals surface area contributed by atoms with Crippen LogP contribution in [0.3, 0.4) is 0 Å². The molecule has 1 amide bonds. The molecule has 2 rings (SSSR count). The van der Waals surface area contributed by atoms with Crippen molar-refractivity contribution in [3.63, 3.8) is 0 Å². The average Bonchev–Trinajstić information content (AvgIpc) is 2.77. The van der Waals surface area contributed by atoms with Crippen LogP contribution in [0.25, 0.3) is 10.1 Å². The number of hydrogen-bond acceptors (Lipinski definition) is 4. The molecule has 1 aromatic carbocycles. The molecule has 3 nitrogen and oxygen atoms in total. The van der Waals surface area contributed by atoms with Crippen molar-refractivity contribution in [1.29, 1.82) is 0 Å². The first-order chi connectivity index (χ1) is 9.65. The van der Waals surface area contributed by atoms with Gasteiger partial charge < -0.3 is 11.1 Å². The van der Waals surface area contributed by atoms with E-state index in [1.54, 1.807) is 17.8 Å². The number of nitrogen functional groups attached to an aromatic ring is 1. The van der Waals surface area contributed by atoms with Crippen molar-refractivity contribution in [3.05, 3.63) is 28.1 Å². The van der Waals surface area contributed by atoms with Gasteiger partial charge in [0.2, 0.25) is 0 Å². The third-order valence-electron chi connectivity index (χ3n) is 2.62. The highest BCUT2D eigenvalue weighted by Crippen LogP contribution is 2.37. The molecule has 0 bridgehead atoms. The average molecular weight is 325 g/mol. The fourth-order valence-electron chi connectivity index (χ4n) is 1.75. The number of thioether (sulfide) groups is 1. The Morgan fingerprint density at radius 3 is 3.05 bits per heavy atom. The van der Waals surface area contributed by atoms with Gasteiger partial charge in [0.1, 0.15) is 4.88 Å². The van der Waals surface area contributed by atoms with Crippen LogP contribution in [-0.2, 0) is 0 Å². The molecule has 3 N–H and O–H groups in total. The highest BCUT2D eigenvalue weighted by atomic mass is 35.5. The summed E-state index contributed by atoms with van der Waals surface area (Å²) < 4.78 is 0.918. The minimum atomic E-state index is -0.166. The Hall–Kier alpha value is -1.35. The summed E-state index contributed by atoms with van der Waals surface area (Å²) >= 11 is 9.07. The van der Waals surface area contributed by atoms with Crippen molar-refractivity contribution in [2.24, 2.45) is 0 Å². The summed E-state index contributed by atoms with van der Waals surface area (Å²) in [4.78, 5) is 12.6. The maximum Gasteiger partial charge on any atom is 0.263 e. The van der Waals surface area contributed by atoms with Crippen molar-refractivity contribution < 1.29 is 4.79 Å². The number of halogens is 1. The van der Waals surface area contributed by atoms with Gasteiger partial charge in [-0.1, -0.05) is 23.6 Å². The van der Waals surface area contributed by atoms with Crippen LogP contribution in [0.4, 0.5) is 5.69 Å². The van der Waals surface area contributed by atoms with Gasteiger partial charge in [0.15, 0.2) is 0 Å². The topological polar surface area (TPSA) is 55.1 Å². The monoisotopic (exact) mass is 324 g/mol. The lowest BCUT2D eigenvalue weighted by Gasteiger charge is -2.03. The van der Waals surface area contributed by atoms with E-state index in [0.717, 1.165) is 15.8 Å². The van der Waals surface area contributed by atoms with E-state index >= 15 is 0 Å². The van der Waals surface area contributed by atoms with Crippen molar-refractivity contribution in [2.45, 2.75) is 0 Å². The van der Waals surface area contributed by atoms with E-state index in [1.165, 1.54) is 11.3 Å². The van der Waals surface area contributed by atoms with Gasteiger partial charge >= 0.3 is 0 Å². The molecular weight excluding hydrogens is 312 g/mol. The first-order valence-electron chi connectivity index (χ1n) is 5.91. The molecule has 2 aromatic rings. The molecule has 20 heavy (non-hydrogen) atoms. The molecule has 0 radical (unpaired) electrons. The molecule has 6 heteroatoms. The van der Waals surface area contributed by atoms with E-state index in [0.29, 0.717) is 27.9 Å². The van der Waals surface area contributed by atoms with Crippen molar-refractivity contribution in [1.82, 2.24) is 5.32 Å². The van der Waals surface area contributed by atoms with Crippen LogP contribution >= 0.6 is 34.7 Å². The molecule has 0 atom stereocenters. The summed E-state index contributed by atoms with van der Waals surface area (Å²) in [7, 11) is 0. The summed E-state index contributed by atoms with van der Waals surface area (Å²) in [5, 5.41) is 4.16. The lowest BCUT2D eigenvalue weighted by atomic mass is 10.2. The first-order valence-corrected chi connectivity index (χ1v) is 8.26. The Bertz CT molecular complexity index is 676. The minimum absolute atomic E-state index is 0.166. The normalized spacial score (nSPS) is 10.4. The van der Waals surface area contributed by atoms with E-state index in [-0.39, 0.29) is 5.91 Å². The van der Waals surface area contributed by atoms with Crippen LogP contribution in [0, 0.1) is 12.3 Å². The standard InChI is InChI=1S/C14H13ClN2OS2/c1-2-7-19-8-6-17-14(18)13-12(16)11-9(15)4-3-5-10(11)20-13/h1,3-5H,6-8,16H2,(H,17,18). The molecule has 0 fully saturated rings. The zero-order valence-electron chi connectivity index (χ0n) is 10.6. The summed E-state index contributed by atoms with van der Waals surface area (Å²) in [6, 6.07) is 5.52. The first kappa shape index (κ1) is 15.0. The smallest absolute Gasteiger partial charge is 0.263 e. The van der Waals surface area contributed by atoms with Crippen LogP contribution in [0.5, 0.6) is 0 Å². The highest BCUT2D eigenvalue weighted by Gasteiger charge is 2.17. The maximum absolute atomic E-state index is 12.1. The second kappa shape index (κ2) is 6.89. The summed E-state index contributed by atoms with van der Waals surface area (Å²) in [6.45, 7) is 0.562. The van der Waals surface area contributed by atoms with E-state index < -0.39 is 0 Å². The molecule has 0 unspecified atom stereocenters. The third kappa shape index (κ3) is 3.21. The SMILES string of the molecule is C#CCSCCNC(=O)c1sc2cccc(Cl)c2c1N. The molecule has 0 aliphatic rings. The zero-order chi connectivity index (χ0) is 14.5. The lowest BCUT2D eigenvalue weighted by Crippen LogP contribution is -2.25. The largest absolute Gasteiger partial charge is 0.397 e. The number of benzene rings is 1. The number of nitrogens with one attached hydrogen (secondary N) is 1. The number of thiophene rings is 1. The van der Waals surface area contributed by atoms with E-state index in [4.69, 9.17) is 23.8 Å². The second-order valence-corrected chi connectivity index (χ2v) is 6.54. The van der Waals surface area contributed by atoms with E-state index in [1.807, 2.05) is 12.1 Å². The molecule has 1 heterocycles.